The fourth-order valence-electron chi connectivity index (χ4n) is 5.15. The highest BCUT2D eigenvalue weighted by Crippen LogP contribution is 2.71. The van der Waals surface area contributed by atoms with Gasteiger partial charge in [-0.15, -0.1) is 11.3 Å². The van der Waals surface area contributed by atoms with Crippen LogP contribution in [0.4, 0.5) is 0 Å². The summed E-state index contributed by atoms with van der Waals surface area (Å²) >= 11 is 1.65. The number of carbonyl (C=O) groups is 1. The molecule has 0 saturated heterocycles. The quantitative estimate of drug-likeness (QED) is 0.724. The Labute approximate surface area is 177 Å². The number of thiophene rings is 1. The average molecular weight is 414 g/mol. The summed E-state index contributed by atoms with van der Waals surface area (Å²) in [5.41, 5.74) is 6.26. The predicted molar refractivity (Wildman–Crippen MR) is 117 cm³/mol. The van der Waals surface area contributed by atoms with Gasteiger partial charge in [-0.25, -0.2) is 0 Å². The molecule has 156 valence electrons. The number of nitrogens with one attached hydrogen (secondary N) is 1. The first-order valence-electron chi connectivity index (χ1n) is 10.4. The summed E-state index contributed by atoms with van der Waals surface area (Å²) < 4.78 is 5.73. The second-order valence-corrected chi connectivity index (χ2v) is 10.6. The fourth-order valence-corrected chi connectivity index (χ4v) is 6.30. The zero-order valence-electron chi connectivity index (χ0n) is 18.2. The molecule has 0 spiro atoms. The molecule has 0 aliphatic heterocycles. The zero-order valence-corrected chi connectivity index (χ0v) is 19.0. The Morgan fingerprint density at radius 1 is 1.31 bits per heavy atom. The van der Waals surface area contributed by atoms with Gasteiger partial charge in [0.15, 0.2) is 0 Å². The van der Waals surface area contributed by atoms with Crippen LogP contribution in [0.1, 0.15) is 69.1 Å². The van der Waals surface area contributed by atoms with E-state index in [1.54, 1.807) is 18.3 Å². The minimum atomic E-state index is -0.500. The standard InChI is InChI=1S/C24H31NO3S/c1-12-7-16(8-13(2)21(12)28-11-14(3)26)10-25-23(27)22-17-9-18-20(24(18,5)6)19(17)15(4)29-22/h7-8,14,18,20,26H,9-11H2,1-6H3,(H,25,27)/t14-,18-,20-/m1/s1. The molecule has 2 aliphatic rings. The Kier molecular flexibility index (Phi) is 5.02. The van der Waals surface area contributed by atoms with E-state index in [0.29, 0.717) is 23.8 Å². The number of hydrogen-bond acceptors (Lipinski definition) is 4. The minimum absolute atomic E-state index is 0.0446. The second kappa shape index (κ2) is 7.13. The first-order valence-corrected chi connectivity index (χ1v) is 11.2. The van der Waals surface area contributed by atoms with Gasteiger partial charge in [0.25, 0.3) is 5.91 Å². The van der Waals surface area contributed by atoms with Gasteiger partial charge >= 0.3 is 0 Å². The number of aryl methyl sites for hydroxylation is 3. The molecule has 29 heavy (non-hydrogen) atoms. The van der Waals surface area contributed by atoms with Crippen molar-refractivity contribution in [1.29, 1.82) is 0 Å². The van der Waals surface area contributed by atoms with E-state index >= 15 is 0 Å². The van der Waals surface area contributed by atoms with Crippen molar-refractivity contribution in [3.8, 4) is 5.75 Å². The molecule has 5 heteroatoms. The molecule has 2 N–H and O–H groups in total. The summed E-state index contributed by atoms with van der Waals surface area (Å²) in [5, 5.41) is 12.6. The molecule has 1 heterocycles. The SMILES string of the molecule is Cc1cc(CNC(=O)c2sc(C)c3c2C[C@@H]2[C@H]3C2(C)C)cc(C)c1OC[C@@H](C)O. The molecule has 1 aromatic carbocycles. The Morgan fingerprint density at radius 3 is 2.59 bits per heavy atom. The number of carbonyl (C=O) groups excluding carboxylic acids is 1. The monoisotopic (exact) mass is 413 g/mol. The third-order valence-electron chi connectivity index (χ3n) is 6.67. The van der Waals surface area contributed by atoms with Crippen molar-refractivity contribution in [3.63, 3.8) is 0 Å². The van der Waals surface area contributed by atoms with Gasteiger partial charge in [-0.05, 0) is 79.2 Å². The van der Waals surface area contributed by atoms with E-state index in [0.717, 1.165) is 33.7 Å². The average Bonchev–Trinajstić information content (AvgIpc) is 2.97. The van der Waals surface area contributed by atoms with Gasteiger partial charge in [0.05, 0.1) is 11.0 Å². The van der Waals surface area contributed by atoms with Crippen LogP contribution in [0.5, 0.6) is 5.75 Å². The van der Waals surface area contributed by atoms with Crippen LogP contribution < -0.4 is 10.1 Å². The van der Waals surface area contributed by atoms with Crippen molar-refractivity contribution in [3.05, 3.63) is 49.7 Å². The predicted octanol–water partition coefficient (Wildman–Crippen LogP) is 4.66. The molecule has 1 saturated carbocycles. The molecular formula is C24H31NO3S. The lowest BCUT2D eigenvalue weighted by Crippen LogP contribution is -2.23. The third kappa shape index (κ3) is 3.49. The van der Waals surface area contributed by atoms with Gasteiger partial charge in [0.1, 0.15) is 12.4 Å². The van der Waals surface area contributed by atoms with Crippen LogP contribution in [0.15, 0.2) is 12.1 Å². The number of fused-ring (bicyclic) bond motifs is 3. The number of hydrogen-bond donors (Lipinski definition) is 2. The maximum absolute atomic E-state index is 12.9. The minimum Gasteiger partial charge on any atom is -0.490 e. The van der Waals surface area contributed by atoms with E-state index in [-0.39, 0.29) is 12.5 Å². The molecule has 0 unspecified atom stereocenters. The number of aliphatic hydroxyl groups excluding tert-OH is 1. The van der Waals surface area contributed by atoms with Crippen molar-refractivity contribution < 1.29 is 14.6 Å². The highest BCUT2D eigenvalue weighted by Gasteiger charge is 2.63. The van der Waals surface area contributed by atoms with E-state index in [4.69, 9.17) is 4.74 Å². The van der Waals surface area contributed by atoms with Crippen LogP contribution in [0.25, 0.3) is 0 Å². The lowest BCUT2D eigenvalue weighted by Gasteiger charge is -2.15. The maximum Gasteiger partial charge on any atom is 0.261 e. The van der Waals surface area contributed by atoms with Crippen molar-refractivity contribution in [1.82, 2.24) is 5.32 Å². The smallest absolute Gasteiger partial charge is 0.261 e. The molecule has 1 fully saturated rings. The molecule has 4 nitrogen and oxygen atoms in total. The molecule has 1 aromatic heterocycles. The lowest BCUT2D eigenvalue weighted by molar-refractivity contribution is 0.0954. The molecule has 3 atom stereocenters. The highest BCUT2D eigenvalue weighted by atomic mass is 32.1. The first-order chi connectivity index (χ1) is 13.6. The van der Waals surface area contributed by atoms with Crippen molar-refractivity contribution in [2.24, 2.45) is 11.3 Å². The summed E-state index contributed by atoms with van der Waals surface area (Å²) in [6.07, 6.45) is 0.550. The van der Waals surface area contributed by atoms with E-state index in [1.807, 2.05) is 26.0 Å². The summed E-state index contributed by atoms with van der Waals surface area (Å²) in [4.78, 5) is 15.2. The normalized spacial score (nSPS) is 22.0. The number of aliphatic hydroxyl groups is 1. The molecule has 1 amide bonds. The van der Waals surface area contributed by atoms with Crippen LogP contribution in [-0.2, 0) is 13.0 Å². The summed E-state index contributed by atoms with van der Waals surface area (Å²) in [5.74, 6) is 2.22. The summed E-state index contributed by atoms with van der Waals surface area (Å²) in [7, 11) is 0. The highest BCUT2D eigenvalue weighted by molar-refractivity contribution is 7.14. The number of ether oxygens (including phenoxy) is 1. The van der Waals surface area contributed by atoms with E-state index < -0.39 is 6.10 Å². The Morgan fingerprint density at radius 2 is 1.97 bits per heavy atom. The number of benzene rings is 1. The van der Waals surface area contributed by atoms with Crippen LogP contribution in [0.3, 0.4) is 0 Å². The van der Waals surface area contributed by atoms with Gasteiger partial charge in [0.2, 0.25) is 0 Å². The topological polar surface area (TPSA) is 58.6 Å². The van der Waals surface area contributed by atoms with Crippen LogP contribution in [0.2, 0.25) is 0 Å². The van der Waals surface area contributed by atoms with E-state index in [1.165, 1.54) is 16.0 Å². The zero-order chi connectivity index (χ0) is 21.1. The Bertz CT molecular complexity index is 950. The summed E-state index contributed by atoms with van der Waals surface area (Å²) in [6, 6.07) is 4.10. The van der Waals surface area contributed by atoms with Gasteiger partial charge < -0.3 is 15.2 Å². The molecule has 0 bridgehead atoms. The van der Waals surface area contributed by atoms with Crippen LogP contribution in [0, 0.1) is 32.1 Å². The van der Waals surface area contributed by atoms with Crippen molar-refractivity contribution in [2.75, 3.05) is 6.61 Å². The van der Waals surface area contributed by atoms with Gasteiger partial charge in [-0.3, -0.25) is 4.79 Å². The van der Waals surface area contributed by atoms with Crippen LogP contribution in [-0.4, -0.2) is 23.7 Å². The van der Waals surface area contributed by atoms with Gasteiger partial charge in [-0.2, -0.15) is 0 Å². The maximum atomic E-state index is 12.9. The molecule has 0 radical (unpaired) electrons. The largest absolute Gasteiger partial charge is 0.490 e. The lowest BCUT2D eigenvalue weighted by atomic mass is 9.95. The second-order valence-electron chi connectivity index (χ2n) is 9.39. The molecule has 2 aromatic rings. The van der Waals surface area contributed by atoms with Gasteiger partial charge in [0, 0.05) is 11.4 Å². The van der Waals surface area contributed by atoms with Crippen molar-refractivity contribution >= 4 is 17.2 Å². The Balaban J connectivity index is 1.45. The van der Waals surface area contributed by atoms with Crippen molar-refractivity contribution in [2.45, 2.75) is 66.5 Å². The van der Waals surface area contributed by atoms with E-state index in [2.05, 4.69) is 26.1 Å². The summed E-state index contributed by atoms with van der Waals surface area (Å²) in [6.45, 7) is 13.3. The van der Waals surface area contributed by atoms with E-state index in [9.17, 15) is 9.90 Å². The molecule has 2 aliphatic carbocycles. The number of amides is 1. The molecule has 4 rings (SSSR count). The Hall–Kier alpha value is -1.85. The van der Waals surface area contributed by atoms with Crippen LogP contribution >= 0.6 is 11.3 Å². The molecular weight excluding hydrogens is 382 g/mol. The number of rotatable bonds is 6. The van der Waals surface area contributed by atoms with Gasteiger partial charge in [-0.1, -0.05) is 26.0 Å². The third-order valence-corrected chi connectivity index (χ3v) is 7.83. The first kappa shape index (κ1) is 20.4. The fraction of sp³-hybridized carbons (Fsp3) is 0.542.